The van der Waals surface area contributed by atoms with Crippen molar-refractivity contribution in [2.24, 2.45) is 17.2 Å². The smallest absolute Gasteiger partial charge is 0.404 e. The number of ether oxygens (including phenoxy) is 1. The maximum atomic E-state index is 11.3. The summed E-state index contributed by atoms with van der Waals surface area (Å²) in [5.41, 5.74) is 17.4. The average molecular weight is 269 g/mol. The SMILES string of the molecule is NC(=O)OC(C1(N)CCCCC1)C1(N)CCCCC1. The Morgan fingerprint density at radius 1 is 0.842 bits per heavy atom. The Balaban J connectivity index is 2.20. The van der Waals surface area contributed by atoms with Gasteiger partial charge in [-0.25, -0.2) is 4.79 Å². The van der Waals surface area contributed by atoms with E-state index in [4.69, 9.17) is 21.9 Å². The fourth-order valence-corrected chi connectivity index (χ4v) is 3.87. The lowest BCUT2D eigenvalue weighted by Gasteiger charge is -2.49. The van der Waals surface area contributed by atoms with Crippen LogP contribution in [0.3, 0.4) is 0 Å². The van der Waals surface area contributed by atoms with Gasteiger partial charge in [0.15, 0.2) is 0 Å². The fraction of sp³-hybridized carbons (Fsp3) is 0.929. The zero-order valence-corrected chi connectivity index (χ0v) is 11.7. The van der Waals surface area contributed by atoms with Gasteiger partial charge in [-0.3, -0.25) is 0 Å². The predicted molar refractivity (Wildman–Crippen MR) is 74.5 cm³/mol. The quantitative estimate of drug-likeness (QED) is 0.726. The van der Waals surface area contributed by atoms with Gasteiger partial charge in [-0.1, -0.05) is 38.5 Å². The molecule has 0 saturated heterocycles. The third kappa shape index (κ3) is 3.20. The Kier molecular flexibility index (Phi) is 4.36. The third-order valence-electron chi connectivity index (χ3n) is 4.85. The van der Waals surface area contributed by atoms with E-state index in [-0.39, 0.29) is 0 Å². The number of nitrogens with two attached hydrogens (primary N) is 3. The lowest BCUT2D eigenvalue weighted by atomic mass is 9.67. The molecule has 0 aromatic rings. The Labute approximate surface area is 115 Å². The van der Waals surface area contributed by atoms with Gasteiger partial charge in [0.25, 0.3) is 0 Å². The van der Waals surface area contributed by atoms with Crippen LogP contribution < -0.4 is 17.2 Å². The molecule has 0 aromatic heterocycles. The summed E-state index contributed by atoms with van der Waals surface area (Å²) in [6.45, 7) is 0. The topological polar surface area (TPSA) is 104 Å². The molecule has 0 radical (unpaired) electrons. The second-order valence-electron chi connectivity index (χ2n) is 6.40. The number of primary amides is 1. The highest BCUT2D eigenvalue weighted by Gasteiger charge is 2.50. The molecule has 2 aliphatic carbocycles. The third-order valence-corrected chi connectivity index (χ3v) is 4.85. The first-order valence-electron chi connectivity index (χ1n) is 7.50. The van der Waals surface area contributed by atoms with Crippen LogP contribution in [0.2, 0.25) is 0 Å². The number of rotatable bonds is 3. The van der Waals surface area contributed by atoms with Gasteiger partial charge in [0.1, 0.15) is 6.10 Å². The van der Waals surface area contributed by atoms with E-state index < -0.39 is 23.3 Å². The zero-order valence-electron chi connectivity index (χ0n) is 11.7. The van der Waals surface area contributed by atoms with Crippen LogP contribution in [0.1, 0.15) is 64.2 Å². The summed E-state index contributed by atoms with van der Waals surface area (Å²) >= 11 is 0. The summed E-state index contributed by atoms with van der Waals surface area (Å²) in [6.07, 6.45) is 8.95. The first-order chi connectivity index (χ1) is 8.96. The largest absolute Gasteiger partial charge is 0.442 e. The van der Waals surface area contributed by atoms with E-state index in [1.807, 2.05) is 0 Å². The molecule has 110 valence electrons. The van der Waals surface area contributed by atoms with Crippen molar-refractivity contribution in [3.8, 4) is 0 Å². The van der Waals surface area contributed by atoms with Crippen molar-refractivity contribution in [2.45, 2.75) is 81.4 Å². The fourth-order valence-electron chi connectivity index (χ4n) is 3.87. The number of hydrogen-bond donors (Lipinski definition) is 3. The van der Waals surface area contributed by atoms with Crippen LogP contribution in [-0.2, 0) is 4.74 Å². The van der Waals surface area contributed by atoms with E-state index in [9.17, 15) is 4.79 Å². The molecule has 0 bridgehead atoms. The van der Waals surface area contributed by atoms with E-state index in [0.29, 0.717) is 0 Å². The van der Waals surface area contributed by atoms with Crippen molar-refractivity contribution < 1.29 is 9.53 Å². The van der Waals surface area contributed by atoms with Crippen molar-refractivity contribution in [1.82, 2.24) is 0 Å². The molecule has 2 saturated carbocycles. The zero-order chi connectivity index (χ0) is 13.9. The van der Waals surface area contributed by atoms with Gasteiger partial charge in [0.05, 0.1) is 11.1 Å². The lowest BCUT2D eigenvalue weighted by Crippen LogP contribution is -2.67. The van der Waals surface area contributed by atoms with Gasteiger partial charge >= 0.3 is 6.09 Å². The molecule has 1 amide bonds. The molecule has 2 rings (SSSR count). The Morgan fingerprint density at radius 2 is 1.21 bits per heavy atom. The van der Waals surface area contributed by atoms with E-state index in [1.165, 1.54) is 12.8 Å². The maximum Gasteiger partial charge on any atom is 0.404 e. The molecule has 5 heteroatoms. The van der Waals surface area contributed by atoms with Gasteiger partial charge in [0, 0.05) is 0 Å². The van der Waals surface area contributed by atoms with Crippen LogP contribution in [0.15, 0.2) is 0 Å². The molecule has 0 aromatic carbocycles. The van der Waals surface area contributed by atoms with Crippen LogP contribution in [-0.4, -0.2) is 23.3 Å². The summed E-state index contributed by atoms with van der Waals surface area (Å²) in [5, 5.41) is 0. The second-order valence-corrected chi connectivity index (χ2v) is 6.40. The lowest BCUT2D eigenvalue weighted by molar-refractivity contribution is -0.0269. The highest BCUT2D eigenvalue weighted by atomic mass is 16.6. The average Bonchev–Trinajstić information content (AvgIpc) is 2.37. The minimum atomic E-state index is -0.754. The number of amides is 1. The molecule has 0 unspecified atom stereocenters. The van der Waals surface area contributed by atoms with Crippen molar-refractivity contribution in [1.29, 1.82) is 0 Å². The van der Waals surface area contributed by atoms with Gasteiger partial charge < -0.3 is 21.9 Å². The summed E-state index contributed by atoms with van der Waals surface area (Å²) in [6, 6.07) is 0. The monoisotopic (exact) mass is 269 g/mol. The molecule has 2 aliphatic rings. The Bertz CT molecular complexity index is 297. The number of hydrogen-bond acceptors (Lipinski definition) is 4. The van der Waals surface area contributed by atoms with Crippen molar-refractivity contribution in [3.63, 3.8) is 0 Å². The molecule has 5 nitrogen and oxygen atoms in total. The molecule has 0 spiro atoms. The number of carbonyl (C=O) groups excluding carboxylic acids is 1. The van der Waals surface area contributed by atoms with E-state index in [2.05, 4.69) is 0 Å². The number of carbonyl (C=O) groups is 1. The minimum absolute atomic E-state index is 0.446. The van der Waals surface area contributed by atoms with Crippen LogP contribution in [0, 0.1) is 0 Å². The summed E-state index contributed by atoms with van der Waals surface area (Å²) < 4.78 is 5.42. The van der Waals surface area contributed by atoms with Gasteiger partial charge in [-0.2, -0.15) is 0 Å². The van der Waals surface area contributed by atoms with Gasteiger partial charge in [-0.05, 0) is 25.7 Å². The normalized spacial score (nSPS) is 26.1. The van der Waals surface area contributed by atoms with Crippen LogP contribution in [0.25, 0.3) is 0 Å². The van der Waals surface area contributed by atoms with Crippen molar-refractivity contribution >= 4 is 6.09 Å². The van der Waals surface area contributed by atoms with E-state index >= 15 is 0 Å². The maximum absolute atomic E-state index is 11.3. The predicted octanol–water partition coefficient (Wildman–Crippen LogP) is 1.77. The second kappa shape index (κ2) is 5.67. The summed E-state index contributed by atoms with van der Waals surface area (Å²) in [5.74, 6) is 0. The van der Waals surface area contributed by atoms with E-state index in [1.54, 1.807) is 0 Å². The molecule has 0 heterocycles. The Hall–Kier alpha value is -0.810. The molecule has 0 atom stereocenters. The standard InChI is InChI=1S/C14H27N3O2/c15-12(18)19-11(13(16)7-3-1-4-8-13)14(17)9-5-2-6-10-14/h11H,1-10,16-17H2,(H2,15,18). The molecule has 2 fully saturated rings. The van der Waals surface area contributed by atoms with Crippen LogP contribution >= 0.6 is 0 Å². The highest BCUT2D eigenvalue weighted by Crippen LogP contribution is 2.40. The van der Waals surface area contributed by atoms with Crippen molar-refractivity contribution in [2.75, 3.05) is 0 Å². The minimum Gasteiger partial charge on any atom is -0.442 e. The molecular formula is C14H27N3O2. The van der Waals surface area contributed by atoms with Crippen LogP contribution in [0.5, 0.6) is 0 Å². The molecule has 0 aliphatic heterocycles. The van der Waals surface area contributed by atoms with Gasteiger partial charge in [0.2, 0.25) is 0 Å². The summed E-state index contributed by atoms with van der Waals surface area (Å²) in [4.78, 5) is 11.3. The summed E-state index contributed by atoms with van der Waals surface area (Å²) in [7, 11) is 0. The molecule has 6 N–H and O–H groups in total. The van der Waals surface area contributed by atoms with Crippen LogP contribution in [0.4, 0.5) is 4.79 Å². The molecule has 19 heavy (non-hydrogen) atoms. The van der Waals surface area contributed by atoms with Crippen molar-refractivity contribution in [3.05, 3.63) is 0 Å². The highest BCUT2D eigenvalue weighted by molar-refractivity contribution is 5.65. The van der Waals surface area contributed by atoms with E-state index in [0.717, 1.165) is 51.4 Å². The first-order valence-corrected chi connectivity index (χ1v) is 7.50. The Morgan fingerprint density at radius 3 is 1.53 bits per heavy atom. The molecular weight excluding hydrogens is 242 g/mol. The first kappa shape index (κ1) is 14.6. The van der Waals surface area contributed by atoms with Gasteiger partial charge in [-0.15, -0.1) is 0 Å².